The molecule has 18 rings (SSSR count). The van der Waals surface area contributed by atoms with Crippen LogP contribution in [-0.4, -0.2) is 70.2 Å². The fourth-order valence-corrected chi connectivity index (χ4v) is 15.8. The molecule has 18 aromatic rings. The Labute approximate surface area is 837 Å². The number of nitrogen functional groups attached to an aromatic ring is 1. The average molecular weight is 2050 g/mol. The number of anilines is 9. The lowest BCUT2D eigenvalue weighted by atomic mass is 10.0. The number of nitrogens with zero attached hydrogens (tertiary/aromatic N) is 5. The Hall–Kier alpha value is -14.3. The SMILES string of the molecule is C=C/C(=C\C=C\CCCC)Nc1c2ccc(Cl)cc2nc2ccc(O)cc12.C=Cc1nc2cc(Cl)ccc2c(Nc2ccc(C(F)(F)I)cc2)c1/C=C/O.CC(C)c1ccc(Nc2ccc(O)cccnc3cc(Cl)ccc23)cc1.CCOCCNc1ccc(Nc2c3ccc(Cl)cc3nc3ccc(O)cc23)cc1.Nc1ccc(-c2ccccc2)cc1.Oc1ccc2nc3cc(Cl)ccc3cc2c1. The molecule has 0 aliphatic rings. The first-order valence-corrected chi connectivity index (χ1v) is 47.2. The number of phenolic OH excluding ortho intramolecular Hbond substituents is 3. The number of rotatable bonds is 23. The Balaban J connectivity index is 0.000000142. The topological polar surface area (TPSA) is 261 Å². The van der Waals surface area contributed by atoms with Crippen LogP contribution in [-0.2, 0) is 8.67 Å². The molecular weight excluding hydrogens is 1950 g/mol. The average Bonchev–Trinajstić information content (AvgIpc) is 0.796. The second kappa shape index (κ2) is 48.9. The van der Waals surface area contributed by atoms with Crippen LogP contribution in [0.3, 0.4) is 0 Å². The number of aromatic nitrogens is 5. The number of halogens is 8. The zero-order valence-electron chi connectivity index (χ0n) is 75.7. The maximum absolute atomic E-state index is 13.4. The van der Waals surface area contributed by atoms with E-state index in [0.29, 0.717) is 65.8 Å². The van der Waals surface area contributed by atoms with E-state index in [-0.39, 0.29) is 28.6 Å². The minimum absolute atomic E-state index is 0.0812. The highest BCUT2D eigenvalue weighted by Crippen LogP contribution is 2.42. The van der Waals surface area contributed by atoms with E-state index in [4.69, 9.17) is 68.5 Å². The Morgan fingerprint density at radius 1 is 0.478 bits per heavy atom. The molecule has 698 valence electrons. The molecule has 0 saturated heterocycles. The maximum Gasteiger partial charge on any atom is 0.321 e. The molecule has 25 heteroatoms. The smallest absolute Gasteiger partial charge is 0.321 e. The van der Waals surface area contributed by atoms with Crippen molar-refractivity contribution in [1.29, 1.82) is 0 Å². The van der Waals surface area contributed by atoms with Gasteiger partial charge in [0.05, 0.1) is 79.8 Å². The van der Waals surface area contributed by atoms with Gasteiger partial charge in [-0.05, 0) is 291 Å². The van der Waals surface area contributed by atoms with Crippen molar-refractivity contribution in [3.05, 3.63) is 406 Å². The minimum Gasteiger partial charge on any atom is -0.516 e. The fourth-order valence-electron chi connectivity index (χ4n) is 14.6. The van der Waals surface area contributed by atoms with Gasteiger partial charge in [-0.1, -0.05) is 190 Å². The third kappa shape index (κ3) is 28.0. The van der Waals surface area contributed by atoms with Crippen LogP contribution in [0.4, 0.5) is 60.0 Å². The summed E-state index contributed by atoms with van der Waals surface area (Å²) in [4.78, 5) is 22.8. The largest absolute Gasteiger partial charge is 0.516 e. The molecule has 138 heavy (non-hydrogen) atoms. The van der Waals surface area contributed by atoms with Crippen molar-refractivity contribution < 1.29 is 39.1 Å². The number of nitrogens with two attached hydrogens (primary N) is 1. The van der Waals surface area contributed by atoms with Gasteiger partial charge in [-0.2, -0.15) is 8.78 Å². The number of ether oxygens (including phenoxy) is 1. The van der Waals surface area contributed by atoms with Crippen molar-refractivity contribution in [2.24, 2.45) is 0 Å². The zero-order valence-corrected chi connectivity index (χ0v) is 81.6. The molecule has 5 aromatic heterocycles. The van der Waals surface area contributed by atoms with E-state index in [0.717, 1.165) is 176 Å². The molecule has 0 atom stereocenters. The van der Waals surface area contributed by atoms with Gasteiger partial charge in [0, 0.05) is 161 Å². The number of pyridine rings is 4. The molecule has 13 aromatic carbocycles. The van der Waals surface area contributed by atoms with Gasteiger partial charge in [-0.15, -0.1) is 0 Å². The summed E-state index contributed by atoms with van der Waals surface area (Å²) >= 11 is 31.5. The van der Waals surface area contributed by atoms with E-state index in [2.05, 4.69) is 128 Å². The number of unbranched alkanes of at least 4 members (excludes halogenated alkanes) is 2. The van der Waals surface area contributed by atoms with Gasteiger partial charge in [-0.25, -0.2) is 19.9 Å². The highest BCUT2D eigenvalue weighted by Gasteiger charge is 2.27. The molecule has 0 unspecified atom stereocenters. The van der Waals surface area contributed by atoms with Crippen LogP contribution in [0, 0.1) is 0 Å². The summed E-state index contributed by atoms with van der Waals surface area (Å²) in [6, 6.07) is 92.4. The number of phenols is 3. The molecule has 0 amide bonds. The molecule has 0 aliphatic carbocycles. The quantitative estimate of drug-likeness (QED) is 0.00541. The first-order chi connectivity index (χ1) is 66.7. The number of nitrogens with one attached hydrogen (secondary N) is 5. The van der Waals surface area contributed by atoms with Crippen LogP contribution in [0.1, 0.15) is 75.3 Å². The molecular formula is C113H99Cl5F2IN11O6. The molecule has 5 heterocycles. The lowest BCUT2D eigenvalue weighted by Gasteiger charge is -2.16. The van der Waals surface area contributed by atoms with E-state index < -0.39 is 3.93 Å². The summed E-state index contributed by atoms with van der Waals surface area (Å²) in [6.45, 7) is 18.4. The van der Waals surface area contributed by atoms with Crippen molar-refractivity contribution in [2.75, 3.05) is 52.1 Å². The summed E-state index contributed by atoms with van der Waals surface area (Å²) in [6.07, 6.45) is 17.0. The molecule has 0 spiro atoms. The van der Waals surface area contributed by atoms with Crippen LogP contribution in [0.5, 0.6) is 23.0 Å². The zero-order chi connectivity index (χ0) is 97.8. The van der Waals surface area contributed by atoms with Gasteiger partial charge in [0.1, 0.15) is 23.0 Å². The Kier molecular flexibility index (Phi) is 35.8. The number of hydrogen-bond donors (Lipinski definition) is 11. The second-order valence-corrected chi connectivity index (χ2v) is 35.3. The van der Waals surface area contributed by atoms with Crippen LogP contribution in [0.2, 0.25) is 25.1 Å². The van der Waals surface area contributed by atoms with E-state index in [9.17, 15) is 34.3 Å². The van der Waals surface area contributed by atoms with E-state index >= 15 is 0 Å². The summed E-state index contributed by atoms with van der Waals surface area (Å²) < 4.78 is 29.3. The molecule has 0 radical (unpaired) electrons. The number of aromatic hydroxyl groups is 4. The van der Waals surface area contributed by atoms with E-state index in [1.807, 2.05) is 183 Å². The highest BCUT2D eigenvalue weighted by atomic mass is 127. The predicted molar refractivity (Wildman–Crippen MR) is 585 cm³/mol. The summed E-state index contributed by atoms with van der Waals surface area (Å²) in [5, 5.41) is 75.8. The van der Waals surface area contributed by atoms with Gasteiger partial charge in [0.2, 0.25) is 0 Å². The normalized spacial score (nSPS) is 11.2. The maximum atomic E-state index is 13.4. The number of allylic oxidation sites excluding steroid dienone is 4. The first-order valence-electron chi connectivity index (χ1n) is 44.2. The van der Waals surface area contributed by atoms with Gasteiger partial charge < -0.3 is 62.6 Å². The molecule has 0 fully saturated rings. The number of benzene rings is 13. The van der Waals surface area contributed by atoms with Gasteiger partial charge in [-0.3, -0.25) is 4.98 Å². The molecule has 17 nitrogen and oxygen atoms in total. The highest BCUT2D eigenvalue weighted by molar-refractivity contribution is 14.1. The molecule has 12 N–H and O–H groups in total. The Morgan fingerprint density at radius 2 is 0.986 bits per heavy atom. The van der Waals surface area contributed by atoms with Gasteiger partial charge >= 0.3 is 3.93 Å². The number of alkyl halides is 3. The lowest BCUT2D eigenvalue weighted by Crippen LogP contribution is -2.08. The predicted octanol–water partition coefficient (Wildman–Crippen LogP) is 33.5. The Morgan fingerprint density at radius 3 is 1.57 bits per heavy atom. The van der Waals surface area contributed by atoms with E-state index in [1.165, 1.54) is 47.7 Å². The van der Waals surface area contributed by atoms with Gasteiger partial charge in [0.15, 0.2) is 0 Å². The summed E-state index contributed by atoms with van der Waals surface area (Å²) in [5.74, 6) is 1.29. The molecule has 0 bridgehead atoms. The standard InChI is InChI=1S/C23H22ClN3O2.C23H23ClN2O.C22H21ClN2O.C20H14ClF2IN2O.C13H8ClNO.C12H11N/c1-2-29-12-11-25-16-4-6-17(7-5-16)26-23-19-9-3-15(24)13-22(19)27-21-10-8-18(28)14-20(21)23;1-3-5-6-7-8-9-17(4-2)25-23-19-12-10-16(24)14-22(19)26-21-13-11-18(27)15-20(21)23;1-15(2)16-5-8-18(9-6-16)25-21-12-10-19(26)4-3-13-24-22-14-17(23)7-11-20(21)22;1-2-17-16(9-10-27)19(15-8-5-13(21)11-18(15)26-17)25-14-6-3-12(4-7-14)20(22,23)24;14-10-2-1-8-5-9-6-11(16)3-4-12(9)15-13(8)7-10;13-12-8-6-11(7-9-12)10-4-2-1-3-5-10/h3-10,13-14,25,28H,2,11-12H2,1H3,(H,26,27);4,7-15,27H,2-3,5-6H2,1H3,(H,25,26);3-15,25-26H,1-2H3;2-11,27H,1H2,(H,25,26);1-7,16H;1-9H,13H2/b;8-7+,17-9+;;10-9+;;. The van der Waals surface area contributed by atoms with Crippen molar-refractivity contribution in [3.8, 4) is 34.1 Å². The summed E-state index contributed by atoms with van der Waals surface area (Å²) in [7, 11) is 0. The lowest BCUT2D eigenvalue weighted by molar-refractivity contribution is 0.127. The van der Waals surface area contributed by atoms with Crippen molar-refractivity contribution in [1.82, 2.24) is 24.9 Å². The first kappa shape index (κ1) is 101. The monoisotopic (exact) mass is 2050 g/mol. The molecule has 0 saturated carbocycles. The number of hydrogen-bond acceptors (Lipinski definition) is 17. The number of aliphatic hydroxyl groups is 1. The van der Waals surface area contributed by atoms with Crippen LogP contribution >= 0.6 is 80.6 Å². The number of fused-ring (bicyclic) bond motifs is 8. The Bertz CT molecular complexity index is 7450. The second-order valence-electron chi connectivity index (χ2n) is 31.8. The van der Waals surface area contributed by atoms with Crippen LogP contribution in [0.15, 0.2) is 359 Å². The van der Waals surface area contributed by atoms with Crippen LogP contribution < -0.4 is 32.3 Å². The third-order valence-electron chi connectivity index (χ3n) is 21.6. The molecule has 0 aliphatic heterocycles. The summed E-state index contributed by atoms with van der Waals surface area (Å²) in [5.41, 5.74) is 25.2. The van der Waals surface area contributed by atoms with Crippen LogP contribution in [0.25, 0.3) is 111 Å². The van der Waals surface area contributed by atoms with Gasteiger partial charge in [0.25, 0.3) is 0 Å². The van der Waals surface area contributed by atoms with Crippen molar-refractivity contribution in [3.63, 3.8) is 0 Å². The minimum atomic E-state index is -2.93. The van der Waals surface area contributed by atoms with E-state index in [1.54, 1.807) is 109 Å². The van der Waals surface area contributed by atoms with Crippen molar-refractivity contribution in [2.45, 2.75) is 56.8 Å². The third-order valence-corrected chi connectivity index (χ3v) is 23.4. The number of aliphatic hydroxyl groups excluding tert-OH is 1. The fraction of sp³-hybridized carbons (Fsp3) is 0.106. The van der Waals surface area contributed by atoms with Crippen molar-refractivity contribution >= 4 is 231 Å².